The average molecular weight is 391 g/mol. The lowest BCUT2D eigenvalue weighted by molar-refractivity contribution is 0.150. The molecule has 0 aliphatic heterocycles. The first-order valence-electron chi connectivity index (χ1n) is 9.65. The average Bonchev–Trinajstić information content (AvgIpc) is 3.33. The number of benzene rings is 2. The lowest BCUT2D eigenvalue weighted by Crippen LogP contribution is -2.13. The number of anilines is 2. The number of fused-ring (bicyclic) bond motifs is 2. The molecular weight excluding hydrogens is 370 g/mol. The summed E-state index contributed by atoms with van der Waals surface area (Å²) in [5.41, 5.74) is 2.98. The first-order chi connectivity index (χ1) is 14.2. The van der Waals surface area contributed by atoms with Crippen molar-refractivity contribution in [3.8, 4) is 5.75 Å². The third kappa shape index (κ3) is 3.48. The normalized spacial score (nSPS) is 19.1. The molecule has 5 rings (SSSR count). The van der Waals surface area contributed by atoms with E-state index in [-0.39, 0.29) is 18.8 Å². The van der Waals surface area contributed by atoms with Gasteiger partial charge in [0.25, 0.3) is 0 Å². The smallest absolute Gasteiger partial charge is 0.227 e. The van der Waals surface area contributed by atoms with Crippen LogP contribution >= 0.6 is 0 Å². The molecule has 0 unspecified atom stereocenters. The summed E-state index contributed by atoms with van der Waals surface area (Å²) in [7, 11) is 0. The zero-order chi connectivity index (χ0) is 19.8. The first-order valence-corrected chi connectivity index (χ1v) is 9.65. The molecule has 0 radical (unpaired) electrons. The maximum absolute atomic E-state index is 9.76. The van der Waals surface area contributed by atoms with Crippen molar-refractivity contribution >= 4 is 33.4 Å². The SMILES string of the molecule is OCc1n[nH]c2cc(Nc3ncc4cccc(O[C@H]5CC[C@@H](O)C5)c4n3)ccc12. The first kappa shape index (κ1) is 17.8. The van der Waals surface area contributed by atoms with Crippen LogP contribution in [0.15, 0.2) is 42.6 Å². The Morgan fingerprint density at radius 3 is 2.97 bits per heavy atom. The van der Waals surface area contributed by atoms with Crippen molar-refractivity contribution in [2.24, 2.45) is 0 Å². The van der Waals surface area contributed by atoms with E-state index in [0.29, 0.717) is 23.8 Å². The van der Waals surface area contributed by atoms with Gasteiger partial charge in [-0.2, -0.15) is 5.10 Å². The van der Waals surface area contributed by atoms with Gasteiger partial charge in [0.15, 0.2) is 0 Å². The van der Waals surface area contributed by atoms with Crippen LogP contribution in [0.4, 0.5) is 11.6 Å². The minimum atomic E-state index is -0.287. The maximum Gasteiger partial charge on any atom is 0.227 e. The Labute approximate surface area is 166 Å². The fourth-order valence-corrected chi connectivity index (χ4v) is 3.79. The third-order valence-corrected chi connectivity index (χ3v) is 5.27. The molecule has 1 saturated carbocycles. The monoisotopic (exact) mass is 391 g/mol. The van der Waals surface area contributed by atoms with Gasteiger partial charge >= 0.3 is 0 Å². The highest BCUT2D eigenvalue weighted by Gasteiger charge is 2.25. The highest BCUT2D eigenvalue weighted by atomic mass is 16.5. The van der Waals surface area contributed by atoms with Gasteiger partial charge < -0.3 is 20.3 Å². The molecule has 2 heterocycles. The lowest BCUT2D eigenvalue weighted by atomic mass is 10.2. The summed E-state index contributed by atoms with van der Waals surface area (Å²) in [6, 6.07) is 11.5. The summed E-state index contributed by atoms with van der Waals surface area (Å²) in [5, 5.41) is 31.1. The summed E-state index contributed by atoms with van der Waals surface area (Å²) >= 11 is 0. The van der Waals surface area contributed by atoms with Crippen molar-refractivity contribution in [2.75, 3.05) is 5.32 Å². The third-order valence-electron chi connectivity index (χ3n) is 5.27. The molecule has 1 fully saturated rings. The minimum absolute atomic E-state index is 0.00507. The van der Waals surface area contributed by atoms with Gasteiger partial charge in [0, 0.05) is 29.1 Å². The maximum atomic E-state index is 9.76. The molecule has 4 aromatic rings. The van der Waals surface area contributed by atoms with E-state index < -0.39 is 0 Å². The highest BCUT2D eigenvalue weighted by Crippen LogP contribution is 2.30. The number of H-pyrrole nitrogens is 1. The van der Waals surface area contributed by atoms with E-state index in [2.05, 4.69) is 25.5 Å². The molecule has 2 atom stereocenters. The van der Waals surface area contributed by atoms with Gasteiger partial charge in [-0.1, -0.05) is 12.1 Å². The minimum Gasteiger partial charge on any atom is -0.488 e. The Morgan fingerprint density at radius 2 is 2.14 bits per heavy atom. The van der Waals surface area contributed by atoms with Gasteiger partial charge in [-0.25, -0.2) is 9.97 Å². The second-order valence-corrected chi connectivity index (χ2v) is 7.31. The molecule has 2 aromatic carbocycles. The molecule has 0 spiro atoms. The molecule has 1 aliphatic rings. The van der Waals surface area contributed by atoms with Gasteiger partial charge in [0.2, 0.25) is 5.95 Å². The fraction of sp³-hybridized carbons (Fsp3) is 0.286. The molecule has 0 bridgehead atoms. The van der Waals surface area contributed by atoms with Crippen LogP contribution in [0.3, 0.4) is 0 Å². The summed E-state index contributed by atoms with van der Waals surface area (Å²) < 4.78 is 6.12. The zero-order valence-electron chi connectivity index (χ0n) is 15.7. The van der Waals surface area contributed by atoms with Crippen LogP contribution < -0.4 is 10.1 Å². The molecule has 0 saturated heterocycles. The van der Waals surface area contributed by atoms with E-state index >= 15 is 0 Å². The number of para-hydroxylation sites is 1. The zero-order valence-corrected chi connectivity index (χ0v) is 15.7. The molecular formula is C21H21N5O3. The number of hydrogen-bond donors (Lipinski definition) is 4. The van der Waals surface area contributed by atoms with Crippen LogP contribution in [0.1, 0.15) is 25.0 Å². The van der Waals surface area contributed by atoms with Crippen molar-refractivity contribution in [3.63, 3.8) is 0 Å². The van der Waals surface area contributed by atoms with Crippen LogP contribution in [0.2, 0.25) is 0 Å². The van der Waals surface area contributed by atoms with Gasteiger partial charge in [0.1, 0.15) is 17.4 Å². The van der Waals surface area contributed by atoms with Crippen LogP contribution in [-0.4, -0.2) is 42.6 Å². The van der Waals surface area contributed by atoms with E-state index in [4.69, 9.17) is 4.74 Å². The number of aliphatic hydroxyl groups excluding tert-OH is 2. The highest BCUT2D eigenvalue weighted by molar-refractivity contribution is 5.87. The summed E-state index contributed by atoms with van der Waals surface area (Å²) in [4.78, 5) is 9.06. The van der Waals surface area contributed by atoms with E-state index in [1.807, 2.05) is 36.4 Å². The molecule has 29 heavy (non-hydrogen) atoms. The predicted octanol–water partition coefficient (Wildman–Crippen LogP) is 3.03. The Morgan fingerprint density at radius 1 is 1.21 bits per heavy atom. The lowest BCUT2D eigenvalue weighted by Gasteiger charge is -2.15. The second-order valence-electron chi connectivity index (χ2n) is 7.31. The molecule has 1 aliphatic carbocycles. The molecule has 0 amide bonds. The number of nitrogens with one attached hydrogen (secondary N) is 2. The number of ether oxygens (including phenoxy) is 1. The molecule has 8 heteroatoms. The van der Waals surface area contributed by atoms with Crippen molar-refractivity contribution in [2.45, 2.75) is 38.1 Å². The van der Waals surface area contributed by atoms with E-state index in [1.165, 1.54) is 0 Å². The van der Waals surface area contributed by atoms with Crippen LogP contribution in [0, 0.1) is 0 Å². The number of hydrogen-bond acceptors (Lipinski definition) is 7. The summed E-state index contributed by atoms with van der Waals surface area (Å²) in [5.74, 6) is 1.16. The van der Waals surface area contributed by atoms with Gasteiger partial charge in [-0.3, -0.25) is 5.10 Å². The number of aromatic nitrogens is 4. The number of aliphatic hydroxyl groups is 2. The van der Waals surface area contributed by atoms with Crippen molar-refractivity contribution in [1.29, 1.82) is 0 Å². The Balaban J connectivity index is 1.43. The van der Waals surface area contributed by atoms with Crippen LogP contribution in [-0.2, 0) is 6.61 Å². The second kappa shape index (κ2) is 7.31. The van der Waals surface area contributed by atoms with Crippen molar-refractivity contribution < 1.29 is 14.9 Å². The molecule has 8 nitrogen and oxygen atoms in total. The Bertz CT molecular complexity index is 1180. The molecule has 2 aromatic heterocycles. The van der Waals surface area contributed by atoms with E-state index in [1.54, 1.807) is 6.20 Å². The van der Waals surface area contributed by atoms with Gasteiger partial charge in [-0.15, -0.1) is 0 Å². The largest absolute Gasteiger partial charge is 0.488 e. The topological polar surface area (TPSA) is 116 Å². The number of nitrogens with zero attached hydrogens (tertiary/aromatic N) is 3. The van der Waals surface area contributed by atoms with E-state index in [9.17, 15) is 10.2 Å². The number of rotatable bonds is 5. The van der Waals surface area contributed by atoms with Crippen molar-refractivity contribution in [3.05, 3.63) is 48.3 Å². The standard InChI is InChI=1S/C21H21N5O3/c27-11-18-16-7-4-13(8-17(16)25-26-18)23-21-22-10-12-2-1-3-19(20(12)24-21)29-15-6-5-14(28)9-15/h1-4,7-8,10,14-15,27-28H,5-6,9,11H2,(H,25,26)(H,22,23,24)/t14-,15+/m1/s1. The van der Waals surface area contributed by atoms with Crippen LogP contribution in [0.5, 0.6) is 5.75 Å². The van der Waals surface area contributed by atoms with Crippen molar-refractivity contribution in [1.82, 2.24) is 20.2 Å². The Hall–Kier alpha value is -3.23. The van der Waals surface area contributed by atoms with Gasteiger partial charge in [-0.05, 0) is 37.1 Å². The Kier molecular flexibility index (Phi) is 4.49. The molecule has 148 valence electrons. The summed E-state index contributed by atoms with van der Waals surface area (Å²) in [6.45, 7) is -0.110. The van der Waals surface area contributed by atoms with Crippen LogP contribution in [0.25, 0.3) is 21.8 Å². The molecule has 4 N–H and O–H groups in total. The van der Waals surface area contributed by atoms with Gasteiger partial charge in [0.05, 0.1) is 23.9 Å². The quantitative estimate of drug-likeness (QED) is 0.413. The predicted molar refractivity (Wildman–Crippen MR) is 109 cm³/mol. The number of aromatic amines is 1. The fourth-order valence-electron chi connectivity index (χ4n) is 3.79. The summed E-state index contributed by atoms with van der Waals surface area (Å²) in [6.07, 6.45) is 3.74. The van der Waals surface area contributed by atoms with E-state index in [0.717, 1.165) is 40.3 Å².